The second kappa shape index (κ2) is 14.0. The average Bonchev–Trinajstić information content (AvgIpc) is 2.93. The van der Waals surface area contributed by atoms with Crippen LogP contribution in [0.3, 0.4) is 0 Å². The fraction of sp³-hybridized carbons (Fsp3) is 0.214. The van der Waals surface area contributed by atoms with E-state index in [2.05, 4.69) is 21.2 Å². The molecule has 0 heterocycles. The van der Waals surface area contributed by atoms with E-state index in [9.17, 15) is 14.4 Å². The van der Waals surface area contributed by atoms with Crippen molar-refractivity contribution in [1.29, 1.82) is 0 Å². The Morgan fingerprint density at radius 3 is 2.39 bits per heavy atom. The molecule has 0 aromatic heterocycles. The standard InChI is InChI=1S/C28H30N4O6/c1-19-7-10-22(11-8-19)31-26(33)18-38-23-6-4-5-21(15-23)17-30-32-28(35)27(34)29-14-13-20-9-12-24(36-2)25(16-20)37-3/h4-12,15-17H,13-14,18H2,1-3H3,(H,29,34)(H,31,33)(H,32,35)/b30-17-. The largest absolute Gasteiger partial charge is 0.493 e. The Hall–Kier alpha value is -4.86. The molecule has 0 aliphatic carbocycles. The predicted molar refractivity (Wildman–Crippen MR) is 144 cm³/mol. The van der Waals surface area contributed by atoms with E-state index in [0.29, 0.717) is 34.9 Å². The molecule has 0 atom stereocenters. The first-order valence-corrected chi connectivity index (χ1v) is 11.8. The summed E-state index contributed by atoms with van der Waals surface area (Å²) in [5, 5.41) is 9.13. The number of benzene rings is 3. The van der Waals surface area contributed by atoms with Gasteiger partial charge in [-0.15, -0.1) is 0 Å². The van der Waals surface area contributed by atoms with E-state index in [-0.39, 0.29) is 19.1 Å². The molecular formula is C28H30N4O6. The van der Waals surface area contributed by atoms with Crippen molar-refractivity contribution in [3.8, 4) is 17.2 Å². The number of hydrogen-bond donors (Lipinski definition) is 3. The maximum Gasteiger partial charge on any atom is 0.329 e. The van der Waals surface area contributed by atoms with Gasteiger partial charge in [-0.3, -0.25) is 14.4 Å². The van der Waals surface area contributed by atoms with Gasteiger partial charge in [-0.1, -0.05) is 35.9 Å². The maximum absolute atomic E-state index is 12.1. The predicted octanol–water partition coefficient (Wildman–Crippen LogP) is 2.84. The highest BCUT2D eigenvalue weighted by atomic mass is 16.5. The molecule has 3 N–H and O–H groups in total. The summed E-state index contributed by atoms with van der Waals surface area (Å²) in [6.45, 7) is 2.05. The van der Waals surface area contributed by atoms with Gasteiger partial charge in [0, 0.05) is 12.2 Å². The number of ether oxygens (including phenoxy) is 3. The number of aryl methyl sites for hydroxylation is 1. The van der Waals surface area contributed by atoms with Crippen molar-refractivity contribution < 1.29 is 28.6 Å². The average molecular weight is 519 g/mol. The third-order valence-electron chi connectivity index (χ3n) is 5.30. The van der Waals surface area contributed by atoms with Crippen molar-refractivity contribution in [2.45, 2.75) is 13.3 Å². The fourth-order valence-electron chi connectivity index (χ4n) is 3.32. The van der Waals surface area contributed by atoms with Gasteiger partial charge in [0.15, 0.2) is 18.1 Å². The van der Waals surface area contributed by atoms with Gasteiger partial charge in [0.05, 0.1) is 20.4 Å². The lowest BCUT2D eigenvalue weighted by Crippen LogP contribution is -2.38. The van der Waals surface area contributed by atoms with Crippen LogP contribution in [0.1, 0.15) is 16.7 Å². The van der Waals surface area contributed by atoms with E-state index in [1.54, 1.807) is 44.6 Å². The molecule has 3 rings (SSSR count). The summed E-state index contributed by atoms with van der Waals surface area (Å²) >= 11 is 0. The van der Waals surface area contributed by atoms with E-state index in [4.69, 9.17) is 14.2 Å². The molecule has 3 aromatic carbocycles. The number of anilines is 1. The zero-order valence-corrected chi connectivity index (χ0v) is 21.4. The third-order valence-corrected chi connectivity index (χ3v) is 5.30. The summed E-state index contributed by atoms with van der Waals surface area (Å²) in [5.41, 5.74) is 5.49. The summed E-state index contributed by atoms with van der Waals surface area (Å²) in [4.78, 5) is 36.2. The highest BCUT2D eigenvalue weighted by molar-refractivity contribution is 6.35. The molecule has 0 aliphatic rings. The van der Waals surface area contributed by atoms with E-state index in [0.717, 1.165) is 11.1 Å². The van der Waals surface area contributed by atoms with Crippen LogP contribution in [0.25, 0.3) is 0 Å². The molecule has 3 aromatic rings. The lowest BCUT2D eigenvalue weighted by atomic mass is 10.1. The molecule has 10 nitrogen and oxygen atoms in total. The molecular weight excluding hydrogens is 488 g/mol. The van der Waals surface area contributed by atoms with Crippen LogP contribution in [0.5, 0.6) is 17.2 Å². The summed E-state index contributed by atoms with van der Waals surface area (Å²) < 4.78 is 16.0. The molecule has 3 amide bonds. The van der Waals surface area contributed by atoms with Crippen molar-refractivity contribution in [3.63, 3.8) is 0 Å². The van der Waals surface area contributed by atoms with Gasteiger partial charge in [0.25, 0.3) is 5.91 Å². The number of nitrogens with zero attached hydrogens (tertiary/aromatic N) is 1. The van der Waals surface area contributed by atoms with Crippen LogP contribution in [0, 0.1) is 6.92 Å². The second-order valence-electron chi connectivity index (χ2n) is 8.17. The Labute approximate surface area is 221 Å². The normalized spacial score (nSPS) is 10.5. The Morgan fingerprint density at radius 2 is 1.66 bits per heavy atom. The van der Waals surface area contributed by atoms with Gasteiger partial charge < -0.3 is 24.8 Å². The SMILES string of the molecule is COc1ccc(CCNC(=O)C(=O)N/N=C\c2cccc(OCC(=O)Nc3ccc(C)cc3)c2)cc1OC. The van der Waals surface area contributed by atoms with Crippen molar-refractivity contribution in [1.82, 2.24) is 10.7 Å². The smallest absolute Gasteiger partial charge is 0.329 e. The maximum atomic E-state index is 12.1. The monoisotopic (exact) mass is 518 g/mol. The number of carbonyl (C=O) groups is 3. The van der Waals surface area contributed by atoms with Crippen LogP contribution in [-0.4, -0.2) is 51.3 Å². The highest BCUT2D eigenvalue weighted by Gasteiger charge is 2.12. The van der Waals surface area contributed by atoms with Crippen LogP contribution in [0.15, 0.2) is 71.8 Å². The number of amides is 3. The quantitative estimate of drug-likeness (QED) is 0.204. The minimum absolute atomic E-state index is 0.172. The lowest BCUT2D eigenvalue weighted by molar-refractivity contribution is -0.139. The Balaban J connectivity index is 1.41. The first-order chi connectivity index (χ1) is 18.4. The Bertz CT molecular complexity index is 1290. The summed E-state index contributed by atoms with van der Waals surface area (Å²) in [7, 11) is 3.10. The summed E-state index contributed by atoms with van der Waals surface area (Å²) in [6.07, 6.45) is 1.87. The van der Waals surface area contributed by atoms with Crippen LogP contribution in [-0.2, 0) is 20.8 Å². The van der Waals surface area contributed by atoms with Gasteiger partial charge in [-0.05, 0) is 60.9 Å². The first kappa shape index (κ1) is 27.7. The number of carbonyl (C=O) groups excluding carboxylic acids is 3. The Kier molecular flexibility index (Phi) is 10.2. The summed E-state index contributed by atoms with van der Waals surface area (Å²) in [5.74, 6) is -0.348. The molecule has 10 heteroatoms. The van der Waals surface area contributed by atoms with Crippen LogP contribution < -0.4 is 30.3 Å². The molecule has 0 fully saturated rings. The van der Waals surface area contributed by atoms with Crippen molar-refractivity contribution in [2.75, 3.05) is 32.7 Å². The van der Waals surface area contributed by atoms with E-state index in [1.807, 2.05) is 43.3 Å². The molecule has 38 heavy (non-hydrogen) atoms. The lowest BCUT2D eigenvalue weighted by Gasteiger charge is -2.10. The molecule has 0 unspecified atom stereocenters. The fourth-order valence-corrected chi connectivity index (χ4v) is 3.32. The zero-order chi connectivity index (χ0) is 27.3. The molecule has 0 bridgehead atoms. The van der Waals surface area contributed by atoms with Crippen LogP contribution in [0.2, 0.25) is 0 Å². The third kappa shape index (κ3) is 8.66. The highest BCUT2D eigenvalue weighted by Crippen LogP contribution is 2.27. The number of hydrazone groups is 1. The first-order valence-electron chi connectivity index (χ1n) is 11.8. The molecule has 198 valence electrons. The van der Waals surface area contributed by atoms with Gasteiger partial charge in [0.1, 0.15) is 5.75 Å². The number of rotatable bonds is 11. The van der Waals surface area contributed by atoms with Gasteiger partial charge >= 0.3 is 11.8 Å². The number of methoxy groups -OCH3 is 2. The van der Waals surface area contributed by atoms with Crippen molar-refractivity contribution in [2.24, 2.45) is 5.10 Å². The van der Waals surface area contributed by atoms with E-state index in [1.165, 1.54) is 6.21 Å². The van der Waals surface area contributed by atoms with Crippen LogP contribution >= 0.6 is 0 Å². The minimum Gasteiger partial charge on any atom is -0.493 e. The number of nitrogens with one attached hydrogen (secondary N) is 3. The molecule has 0 spiro atoms. The molecule has 0 aliphatic heterocycles. The van der Waals surface area contributed by atoms with Gasteiger partial charge in [-0.25, -0.2) is 5.43 Å². The Morgan fingerprint density at radius 1 is 0.895 bits per heavy atom. The molecule has 0 saturated carbocycles. The van der Waals surface area contributed by atoms with Gasteiger partial charge in [-0.2, -0.15) is 5.10 Å². The van der Waals surface area contributed by atoms with Gasteiger partial charge in [0.2, 0.25) is 0 Å². The number of hydrogen-bond acceptors (Lipinski definition) is 7. The second-order valence-corrected chi connectivity index (χ2v) is 8.17. The van der Waals surface area contributed by atoms with Crippen molar-refractivity contribution >= 4 is 29.6 Å². The molecule has 0 saturated heterocycles. The van der Waals surface area contributed by atoms with E-state index < -0.39 is 11.8 Å². The summed E-state index contributed by atoms with van der Waals surface area (Å²) in [6, 6.07) is 19.7. The molecule has 0 radical (unpaired) electrons. The van der Waals surface area contributed by atoms with Crippen molar-refractivity contribution in [3.05, 3.63) is 83.4 Å². The minimum atomic E-state index is -0.895. The topological polar surface area (TPSA) is 127 Å². The van der Waals surface area contributed by atoms with E-state index >= 15 is 0 Å². The zero-order valence-electron chi connectivity index (χ0n) is 21.4. The van der Waals surface area contributed by atoms with Crippen LogP contribution in [0.4, 0.5) is 5.69 Å².